The van der Waals surface area contributed by atoms with Crippen molar-refractivity contribution in [2.45, 2.75) is 64.2 Å². The summed E-state index contributed by atoms with van der Waals surface area (Å²) in [6.45, 7) is 2.50. The highest BCUT2D eigenvalue weighted by atomic mass is 15.3. The van der Waals surface area contributed by atoms with Crippen molar-refractivity contribution < 1.29 is 0 Å². The molecule has 2 aliphatic rings. The van der Waals surface area contributed by atoms with Crippen LogP contribution in [-0.2, 0) is 19.6 Å². The average molecular weight is 234 g/mol. The van der Waals surface area contributed by atoms with Gasteiger partial charge < -0.3 is 11.1 Å². The average Bonchev–Trinajstić information content (AvgIpc) is 2.83. The normalized spacial score (nSPS) is 21.5. The van der Waals surface area contributed by atoms with E-state index in [4.69, 9.17) is 10.8 Å². The predicted molar refractivity (Wildman–Crippen MR) is 67.4 cm³/mol. The summed E-state index contributed by atoms with van der Waals surface area (Å²) in [5.74, 6) is 0. The second-order valence-electron chi connectivity index (χ2n) is 5.27. The SMILES string of the molecule is NCc1nn(C2CCCCCC2)c2c1CNC2. The molecule has 1 fully saturated rings. The Morgan fingerprint density at radius 1 is 1.18 bits per heavy atom. The minimum atomic E-state index is 0.573. The second kappa shape index (κ2) is 4.78. The van der Waals surface area contributed by atoms with Gasteiger partial charge >= 0.3 is 0 Å². The van der Waals surface area contributed by atoms with Gasteiger partial charge in [0, 0.05) is 25.2 Å². The van der Waals surface area contributed by atoms with Crippen molar-refractivity contribution >= 4 is 0 Å². The summed E-state index contributed by atoms with van der Waals surface area (Å²) in [4.78, 5) is 0. The van der Waals surface area contributed by atoms with Gasteiger partial charge in [0.05, 0.1) is 17.4 Å². The fraction of sp³-hybridized carbons (Fsp3) is 0.769. The zero-order chi connectivity index (χ0) is 11.7. The van der Waals surface area contributed by atoms with E-state index in [1.807, 2.05) is 0 Å². The molecule has 3 rings (SSSR count). The smallest absolute Gasteiger partial charge is 0.0808 e. The Morgan fingerprint density at radius 2 is 1.94 bits per heavy atom. The van der Waals surface area contributed by atoms with Crippen molar-refractivity contribution in [3.8, 4) is 0 Å². The molecule has 0 aromatic carbocycles. The van der Waals surface area contributed by atoms with Crippen LogP contribution >= 0.6 is 0 Å². The standard InChI is InChI=1S/C13H22N4/c14-7-12-11-8-15-9-13(11)17(16-12)10-5-3-1-2-4-6-10/h10,15H,1-9,14H2. The number of hydrogen-bond acceptors (Lipinski definition) is 3. The van der Waals surface area contributed by atoms with E-state index in [0.29, 0.717) is 12.6 Å². The molecule has 0 spiro atoms. The van der Waals surface area contributed by atoms with E-state index in [-0.39, 0.29) is 0 Å². The Bertz CT molecular complexity index is 388. The minimum Gasteiger partial charge on any atom is -0.325 e. The fourth-order valence-corrected chi connectivity index (χ4v) is 3.22. The maximum atomic E-state index is 5.79. The number of nitrogens with one attached hydrogen (secondary N) is 1. The molecule has 0 bridgehead atoms. The quantitative estimate of drug-likeness (QED) is 0.768. The Morgan fingerprint density at radius 3 is 2.65 bits per heavy atom. The summed E-state index contributed by atoms with van der Waals surface area (Å²) < 4.78 is 2.29. The summed E-state index contributed by atoms with van der Waals surface area (Å²) in [6, 6.07) is 0.617. The van der Waals surface area contributed by atoms with Gasteiger partial charge in [-0.05, 0) is 12.8 Å². The van der Waals surface area contributed by atoms with E-state index in [2.05, 4.69) is 10.00 Å². The van der Waals surface area contributed by atoms with Gasteiger partial charge in [-0.25, -0.2) is 0 Å². The van der Waals surface area contributed by atoms with E-state index in [0.717, 1.165) is 18.8 Å². The molecule has 1 aliphatic carbocycles. The van der Waals surface area contributed by atoms with E-state index >= 15 is 0 Å². The number of nitrogens with zero attached hydrogens (tertiary/aromatic N) is 2. The Labute approximate surface area is 103 Å². The molecule has 1 aliphatic heterocycles. The Hall–Kier alpha value is -0.870. The molecular formula is C13H22N4. The molecule has 1 aromatic rings. The maximum Gasteiger partial charge on any atom is 0.0808 e. The van der Waals surface area contributed by atoms with Crippen LogP contribution in [0, 0.1) is 0 Å². The van der Waals surface area contributed by atoms with Crippen LogP contribution in [0.4, 0.5) is 0 Å². The molecule has 0 atom stereocenters. The van der Waals surface area contributed by atoms with E-state index in [9.17, 15) is 0 Å². The van der Waals surface area contributed by atoms with Gasteiger partial charge in [-0.1, -0.05) is 25.7 Å². The lowest BCUT2D eigenvalue weighted by Gasteiger charge is -2.17. The van der Waals surface area contributed by atoms with Crippen molar-refractivity contribution in [3.05, 3.63) is 17.0 Å². The molecule has 0 radical (unpaired) electrons. The number of hydrogen-bond donors (Lipinski definition) is 2. The topological polar surface area (TPSA) is 55.9 Å². The number of fused-ring (bicyclic) bond motifs is 1. The summed E-state index contributed by atoms with van der Waals surface area (Å²) in [5.41, 5.74) is 9.67. The molecule has 3 N–H and O–H groups in total. The van der Waals surface area contributed by atoms with Gasteiger partial charge in [-0.2, -0.15) is 5.10 Å². The number of nitrogens with two attached hydrogens (primary N) is 1. The van der Waals surface area contributed by atoms with Crippen molar-refractivity contribution in [2.24, 2.45) is 5.73 Å². The molecule has 0 unspecified atom stereocenters. The highest BCUT2D eigenvalue weighted by Gasteiger charge is 2.25. The zero-order valence-corrected chi connectivity index (χ0v) is 10.4. The van der Waals surface area contributed by atoms with Crippen molar-refractivity contribution in [2.75, 3.05) is 0 Å². The minimum absolute atomic E-state index is 0.573. The number of aromatic nitrogens is 2. The van der Waals surface area contributed by atoms with Gasteiger partial charge in [0.25, 0.3) is 0 Å². The predicted octanol–water partition coefficient (Wildman–Crippen LogP) is 1.84. The van der Waals surface area contributed by atoms with Crippen LogP contribution in [-0.4, -0.2) is 9.78 Å². The van der Waals surface area contributed by atoms with Crippen LogP contribution in [0.3, 0.4) is 0 Å². The summed E-state index contributed by atoms with van der Waals surface area (Å²) in [6.07, 6.45) is 8.07. The van der Waals surface area contributed by atoms with Crippen LogP contribution in [0.15, 0.2) is 0 Å². The number of rotatable bonds is 2. The summed E-state index contributed by atoms with van der Waals surface area (Å²) in [5, 5.41) is 8.19. The van der Waals surface area contributed by atoms with Crippen LogP contribution < -0.4 is 11.1 Å². The molecule has 94 valence electrons. The lowest BCUT2D eigenvalue weighted by molar-refractivity contribution is 0.390. The van der Waals surface area contributed by atoms with E-state index < -0.39 is 0 Å². The molecule has 0 saturated heterocycles. The highest BCUT2D eigenvalue weighted by molar-refractivity contribution is 5.30. The highest BCUT2D eigenvalue weighted by Crippen LogP contribution is 2.31. The van der Waals surface area contributed by atoms with E-state index in [1.165, 1.54) is 49.8 Å². The van der Waals surface area contributed by atoms with E-state index in [1.54, 1.807) is 0 Å². The van der Waals surface area contributed by atoms with Crippen molar-refractivity contribution in [1.82, 2.24) is 15.1 Å². The Balaban J connectivity index is 1.91. The first-order valence-electron chi connectivity index (χ1n) is 6.90. The third-order valence-corrected chi connectivity index (χ3v) is 4.16. The Kier molecular flexibility index (Phi) is 3.16. The zero-order valence-electron chi connectivity index (χ0n) is 10.4. The summed E-state index contributed by atoms with van der Waals surface area (Å²) >= 11 is 0. The van der Waals surface area contributed by atoms with Gasteiger partial charge in [-0.3, -0.25) is 4.68 Å². The molecule has 4 nitrogen and oxygen atoms in total. The molecule has 2 heterocycles. The first-order valence-corrected chi connectivity index (χ1v) is 6.90. The molecular weight excluding hydrogens is 212 g/mol. The van der Waals surface area contributed by atoms with Crippen molar-refractivity contribution in [1.29, 1.82) is 0 Å². The van der Waals surface area contributed by atoms with Crippen molar-refractivity contribution in [3.63, 3.8) is 0 Å². The largest absolute Gasteiger partial charge is 0.325 e. The van der Waals surface area contributed by atoms with Crippen LogP contribution in [0.5, 0.6) is 0 Å². The maximum absolute atomic E-state index is 5.79. The molecule has 17 heavy (non-hydrogen) atoms. The van der Waals surface area contributed by atoms with Gasteiger partial charge in [0.1, 0.15) is 0 Å². The van der Waals surface area contributed by atoms with Gasteiger partial charge in [0.2, 0.25) is 0 Å². The molecule has 1 aromatic heterocycles. The first-order chi connectivity index (χ1) is 8.40. The fourth-order valence-electron chi connectivity index (χ4n) is 3.22. The second-order valence-corrected chi connectivity index (χ2v) is 5.27. The van der Waals surface area contributed by atoms with Gasteiger partial charge in [0.15, 0.2) is 0 Å². The summed E-state index contributed by atoms with van der Waals surface area (Å²) in [7, 11) is 0. The van der Waals surface area contributed by atoms with Crippen LogP contribution in [0.25, 0.3) is 0 Å². The molecule has 1 saturated carbocycles. The molecule has 4 heteroatoms. The third-order valence-electron chi connectivity index (χ3n) is 4.16. The van der Waals surface area contributed by atoms with Crippen LogP contribution in [0.1, 0.15) is 61.5 Å². The lowest BCUT2D eigenvalue weighted by Crippen LogP contribution is -2.16. The third kappa shape index (κ3) is 2.00. The molecule has 0 amide bonds. The lowest BCUT2D eigenvalue weighted by atomic mass is 10.1. The first kappa shape index (κ1) is 11.2. The van der Waals surface area contributed by atoms with Gasteiger partial charge in [-0.15, -0.1) is 0 Å². The monoisotopic (exact) mass is 234 g/mol. The van der Waals surface area contributed by atoms with Crippen LogP contribution in [0.2, 0.25) is 0 Å².